The molecule has 0 saturated carbocycles. The number of carbonyl (C=O) groups excluding carboxylic acids is 2. The fraction of sp³-hybridized carbons (Fsp3) is 0.793. The van der Waals surface area contributed by atoms with Crippen molar-refractivity contribution in [2.75, 3.05) is 33.5 Å². The van der Waals surface area contributed by atoms with E-state index in [1.54, 1.807) is 4.90 Å². The number of likely N-dealkylation sites (tertiary alicyclic amines) is 1. The molecule has 228 valence electrons. The Morgan fingerprint density at radius 1 is 1.23 bits per heavy atom. The number of hydrogen-bond donors (Lipinski definition) is 2. The highest BCUT2D eigenvalue weighted by molar-refractivity contribution is 7.09. The minimum atomic E-state index is -1.08. The second-order valence-corrected chi connectivity index (χ2v) is 12.0. The van der Waals surface area contributed by atoms with Gasteiger partial charge in [-0.2, -0.15) is 0 Å². The molecule has 1 fully saturated rings. The van der Waals surface area contributed by atoms with Crippen molar-refractivity contribution in [2.45, 2.75) is 104 Å². The summed E-state index contributed by atoms with van der Waals surface area (Å²) in [4.78, 5) is 47.3. The molecule has 2 rings (SSSR count). The third-order valence-electron chi connectivity index (χ3n) is 7.73. The average molecular weight is 583 g/mol. The van der Waals surface area contributed by atoms with E-state index in [1.807, 2.05) is 48.6 Å². The van der Waals surface area contributed by atoms with Gasteiger partial charge >= 0.3 is 5.97 Å². The number of aromatic nitrogens is 1. The fourth-order valence-corrected chi connectivity index (χ4v) is 5.90. The van der Waals surface area contributed by atoms with Crippen LogP contribution in [0.1, 0.15) is 102 Å². The van der Waals surface area contributed by atoms with Gasteiger partial charge < -0.3 is 24.8 Å². The number of ether oxygens (including phenoxy) is 2. The number of amides is 2. The number of nitrogens with one attached hydrogen (secondary N) is 1. The molecule has 1 aliphatic rings. The van der Waals surface area contributed by atoms with Gasteiger partial charge in [-0.05, 0) is 51.6 Å². The quantitative estimate of drug-likeness (QED) is 0.257. The Balaban J connectivity index is 2.39. The van der Waals surface area contributed by atoms with Gasteiger partial charge in [0, 0.05) is 31.1 Å². The van der Waals surface area contributed by atoms with Crippen molar-refractivity contribution in [3.05, 3.63) is 16.1 Å². The number of carbonyl (C=O) groups is 3. The van der Waals surface area contributed by atoms with Crippen LogP contribution in [-0.4, -0.2) is 89.3 Å². The number of likely N-dealkylation sites (N-methyl/N-ethyl adjacent to an activating group) is 1. The Morgan fingerprint density at radius 3 is 2.50 bits per heavy atom. The molecule has 0 radical (unpaired) electrons. The van der Waals surface area contributed by atoms with E-state index in [9.17, 15) is 19.5 Å². The van der Waals surface area contributed by atoms with Gasteiger partial charge in [0.15, 0.2) is 5.69 Å². The Kier molecular flexibility index (Phi) is 14.5. The molecule has 2 amide bonds. The van der Waals surface area contributed by atoms with Crippen molar-refractivity contribution in [1.82, 2.24) is 20.1 Å². The number of nitrogens with zero attached hydrogens (tertiary/aromatic N) is 3. The molecular weight excluding hydrogens is 532 g/mol. The summed E-state index contributed by atoms with van der Waals surface area (Å²) in [5.41, 5.74) is -0.0133. The summed E-state index contributed by atoms with van der Waals surface area (Å²) in [5.74, 6) is -1.40. The number of aromatic carboxylic acids is 1. The van der Waals surface area contributed by atoms with Crippen LogP contribution in [-0.2, 0) is 19.1 Å². The van der Waals surface area contributed by atoms with Crippen LogP contribution in [0.4, 0.5) is 0 Å². The number of carboxylic acid groups (broad SMARTS) is 1. The molecule has 5 atom stereocenters. The summed E-state index contributed by atoms with van der Waals surface area (Å²) >= 11 is 1.25. The maximum atomic E-state index is 14.3. The predicted octanol–water partition coefficient (Wildman–Crippen LogP) is 4.56. The van der Waals surface area contributed by atoms with Crippen molar-refractivity contribution >= 4 is 29.1 Å². The zero-order valence-corrected chi connectivity index (χ0v) is 26.2. The first kappa shape index (κ1) is 34.1. The summed E-state index contributed by atoms with van der Waals surface area (Å²) in [7, 11) is 1.96. The number of hydrogen-bond acceptors (Lipinski definition) is 8. The van der Waals surface area contributed by atoms with E-state index in [-0.39, 0.29) is 48.2 Å². The third-order valence-corrected chi connectivity index (χ3v) is 8.67. The lowest BCUT2D eigenvalue weighted by Gasteiger charge is -2.40. The van der Waals surface area contributed by atoms with E-state index in [4.69, 9.17) is 9.47 Å². The van der Waals surface area contributed by atoms with Crippen LogP contribution >= 0.6 is 11.3 Å². The average Bonchev–Trinajstić information content (AvgIpc) is 3.43. The third kappa shape index (κ3) is 9.49. The molecule has 0 aliphatic carbocycles. The molecule has 10 nitrogen and oxygen atoms in total. The Labute approximate surface area is 243 Å². The SMILES string of the molecule is CCCOC(CC(C(C)C)N(COCC)C(=O)C(NC(=O)C1CCCCN1C)C(C)CC)c1nc(C(=O)O)cs1. The molecule has 0 spiro atoms. The molecular formula is C29H50N4O6S. The highest BCUT2D eigenvalue weighted by Crippen LogP contribution is 2.31. The summed E-state index contributed by atoms with van der Waals surface area (Å²) in [6.45, 7) is 13.9. The normalized spacial score (nSPS) is 19.1. The molecule has 1 aliphatic heterocycles. The smallest absolute Gasteiger partial charge is 0.355 e. The Morgan fingerprint density at radius 2 is 1.95 bits per heavy atom. The van der Waals surface area contributed by atoms with Crippen molar-refractivity contribution in [1.29, 1.82) is 0 Å². The monoisotopic (exact) mass is 582 g/mol. The van der Waals surface area contributed by atoms with Crippen LogP contribution in [0.15, 0.2) is 5.38 Å². The molecule has 2 N–H and O–H groups in total. The maximum Gasteiger partial charge on any atom is 0.355 e. The molecule has 0 bridgehead atoms. The highest BCUT2D eigenvalue weighted by Gasteiger charge is 2.38. The van der Waals surface area contributed by atoms with Gasteiger partial charge in [-0.25, -0.2) is 9.78 Å². The van der Waals surface area contributed by atoms with Gasteiger partial charge in [0.25, 0.3) is 0 Å². The maximum absolute atomic E-state index is 14.3. The Hall–Kier alpha value is -2.08. The molecule has 5 unspecified atom stereocenters. The first-order chi connectivity index (χ1) is 19.0. The number of carboxylic acids is 1. The van der Waals surface area contributed by atoms with Gasteiger partial charge in [-0.3, -0.25) is 14.5 Å². The number of piperidine rings is 1. The van der Waals surface area contributed by atoms with Gasteiger partial charge in [0.1, 0.15) is 23.9 Å². The fourth-order valence-electron chi connectivity index (χ4n) is 5.04. The standard InChI is InChI=1S/C29H50N4O6S/c1-8-15-39-24(27-30-21(17-40-27)29(36)37)16-23(19(4)5)33(18-38-10-3)28(35)25(20(6)9-2)31-26(34)22-13-11-12-14-32(22)7/h17,19-20,22-25H,8-16,18H2,1-7H3,(H,31,34)(H,36,37). The lowest BCUT2D eigenvalue weighted by molar-refractivity contribution is -0.149. The van der Waals surface area contributed by atoms with E-state index >= 15 is 0 Å². The molecule has 40 heavy (non-hydrogen) atoms. The van der Waals surface area contributed by atoms with E-state index in [0.29, 0.717) is 24.6 Å². The summed E-state index contributed by atoms with van der Waals surface area (Å²) in [5, 5.41) is 14.6. The molecule has 1 aromatic rings. The van der Waals surface area contributed by atoms with Crippen LogP contribution in [0.2, 0.25) is 0 Å². The Bertz CT molecular complexity index is 941. The van der Waals surface area contributed by atoms with Crippen molar-refractivity contribution in [2.24, 2.45) is 11.8 Å². The van der Waals surface area contributed by atoms with Gasteiger partial charge in [0.2, 0.25) is 11.8 Å². The van der Waals surface area contributed by atoms with Gasteiger partial charge in [0.05, 0.1) is 6.04 Å². The van der Waals surface area contributed by atoms with Crippen molar-refractivity contribution in [3.63, 3.8) is 0 Å². The topological polar surface area (TPSA) is 121 Å². The second-order valence-electron chi connectivity index (χ2n) is 11.1. The zero-order valence-electron chi connectivity index (χ0n) is 25.4. The molecule has 1 saturated heterocycles. The summed E-state index contributed by atoms with van der Waals surface area (Å²) < 4.78 is 12.0. The van der Waals surface area contributed by atoms with E-state index in [1.165, 1.54) is 16.7 Å². The van der Waals surface area contributed by atoms with E-state index < -0.39 is 18.1 Å². The lowest BCUT2D eigenvalue weighted by atomic mass is 9.92. The van der Waals surface area contributed by atoms with Crippen LogP contribution in [0.25, 0.3) is 0 Å². The molecule has 1 aromatic heterocycles. The van der Waals surface area contributed by atoms with E-state index in [2.05, 4.69) is 15.2 Å². The van der Waals surface area contributed by atoms with Crippen molar-refractivity contribution < 1.29 is 29.0 Å². The number of thiazole rings is 1. The summed E-state index contributed by atoms with van der Waals surface area (Å²) in [6.07, 6.45) is 4.31. The van der Waals surface area contributed by atoms with Crippen molar-refractivity contribution in [3.8, 4) is 0 Å². The van der Waals surface area contributed by atoms with Gasteiger partial charge in [-0.15, -0.1) is 11.3 Å². The lowest BCUT2D eigenvalue weighted by Crippen LogP contribution is -2.59. The highest BCUT2D eigenvalue weighted by atomic mass is 32.1. The molecule has 11 heteroatoms. The van der Waals surface area contributed by atoms with Crippen LogP contribution in [0, 0.1) is 11.8 Å². The van der Waals surface area contributed by atoms with Crippen LogP contribution in [0.3, 0.4) is 0 Å². The predicted molar refractivity (Wildman–Crippen MR) is 156 cm³/mol. The number of rotatable bonds is 17. The van der Waals surface area contributed by atoms with Crippen LogP contribution in [0.5, 0.6) is 0 Å². The molecule has 2 heterocycles. The first-order valence-corrected chi connectivity index (χ1v) is 15.6. The van der Waals surface area contributed by atoms with Gasteiger partial charge in [-0.1, -0.05) is 47.5 Å². The minimum absolute atomic E-state index is 0.0133. The van der Waals surface area contributed by atoms with Crippen LogP contribution < -0.4 is 5.32 Å². The van der Waals surface area contributed by atoms with E-state index in [0.717, 1.165) is 38.6 Å². The minimum Gasteiger partial charge on any atom is -0.476 e. The molecule has 0 aromatic carbocycles. The summed E-state index contributed by atoms with van der Waals surface area (Å²) in [6, 6.07) is -1.23. The second kappa shape index (κ2) is 17.0. The largest absolute Gasteiger partial charge is 0.476 e. The zero-order chi connectivity index (χ0) is 29.8. The first-order valence-electron chi connectivity index (χ1n) is 14.7.